The van der Waals surface area contributed by atoms with Gasteiger partial charge in [-0.05, 0) is 29.8 Å². The molecule has 0 amide bonds. The molecule has 5 nitrogen and oxygen atoms in total. The molecule has 1 aromatic heterocycles. The van der Waals surface area contributed by atoms with E-state index in [-0.39, 0.29) is 6.61 Å². The highest BCUT2D eigenvalue weighted by molar-refractivity contribution is 5.32. The van der Waals surface area contributed by atoms with Gasteiger partial charge in [0, 0.05) is 6.42 Å². The lowest BCUT2D eigenvalue weighted by molar-refractivity contribution is 0.296. The minimum absolute atomic E-state index is 0.0412. The summed E-state index contributed by atoms with van der Waals surface area (Å²) in [6.07, 6.45) is 0.436. The second-order valence-corrected chi connectivity index (χ2v) is 3.31. The highest BCUT2D eigenvalue weighted by atomic mass is 16.3. The van der Waals surface area contributed by atoms with Crippen LogP contribution in [0.2, 0.25) is 0 Å². The van der Waals surface area contributed by atoms with Crippen molar-refractivity contribution in [2.24, 2.45) is 0 Å². The van der Waals surface area contributed by atoms with Crippen LogP contribution in [0.3, 0.4) is 0 Å². The number of nitrogens with zero attached hydrogens (tertiary/aromatic N) is 4. The van der Waals surface area contributed by atoms with Crippen LogP contribution in [0, 0.1) is 6.92 Å². The normalized spacial score (nSPS) is 10.5. The van der Waals surface area contributed by atoms with Gasteiger partial charge in [0.25, 0.3) is 0 Å². The fourth-order valence-corrected chi connectivity index (χ4v) is 1.31. The molecule has 2 aromatic rings. The van der Waals surface area contributed by atoms with Crippen molar-refractivity contribution in [3.8, 4) is 5.69 Å². The van der Waals surface area contributed by atoms with Gasteiger partial charge >= 0.3 is 0 Å². The maximum atomic E-state index is 8.73. The molecule has 0 saturated heterocycles. The third-order valence-electron chi connectivity index (χ3n) is 2.02. The van der Waals surface area contributed by atoms with Gasteiger partial charge in [0.05, 0.1) is 12.3 Å². The first-order chi connectivity index (χ1) is 7.29. The lowest BCUT2D eigenvalue weighted by Crippen LogP contribution is -2.00. The summed E-state index contributed by atoms with van der Waals surface area (Å²) in [6.45, 7) is 2.05. The summed E-state index contributed by atoms with van der Waals surface area (Å²) in [5.74, 6) is 0.555. The lowest BCUT2D eigenvalue weighted by atomic mass is 10.2. The summed E-state index contributed by atoms with van der Waals surface area (Å²) < 4.78 is 0. The Labute approximate surface area is 87.4 Å². The topological polar surface area (TPSA) is 63.8 Å². The van der Waals surface area contributed by atoms with Crippen LogP contribution in [0.25, 0.3) is 5.69 Å². The second-order valence-electron chi connectivity index (χ2n) is 3.31. The highest BCUT2D eigenvalue weighted by Crippen LogP contribution is 2.06. The number of aryl methyl sites for hydroxylation is 1. The van der Waals surface area contributed by atoms with Crippen LogP contribution >= 0.6 is 0 Å². The highest BCUT2D eigenvalue weighted by Gasteiger charge is 2.03. The Morgan fingerprint density at radius 1 is 1.40 bits per heavy atom. The van der Waals surface area contributed by atoms with Crippen molar-refractivity contribution < 1.29 is 5.11 Å². The average Bonchev–Trinajstić information content (AvgIpc) is 2.67. The van der Waals surface area contributed by atoms with E-state index in [4.69, 9.17) is 5.11 Å². The first kappa shape index (κ1) is 9.79. The first-order valence-electron chi connectivity index (χ1n) is 4.76. The Kier molecular flexibility index (Phi) is 2.73. The standard InChI is InChI=1S/C10H12N4O/c1-8-3-2-4-9(7-8)14-12-10(5-6-15)11-13-14/h2-4,7,15H,5-6H2,1H3. The Morgan fingerprint density at radius 3 is 3.00 bits per heavy atom. The molecular formula is C10H12N4O. The van der Waals surface area contributed by atoms with Crippen molar-refractivity contribution in [1.82, 2.24) is 20.2 Å². The van der Waals surface area contributed by atoms with Crippen LogP contribution in [0.15, 0.2) is 24.3 Å². The molecule has 0 atom stereocenters. The van der Waals surface area contributed by atoms with Gasteiger partial charge in [0.1, 0.15) is 0 Å². The summed E-state index contributed by atoms with van der Waals surface area (Å²) in [5, 5.41) is 20.6. The van der Waals surface area contributed by atoms with Crippen LogP contribution < -0.4 is 0 Å². The fourth-order valence-electron chi connectivity index (χ4n) is 1.31. The largest absolute Gasteiger partial charge is 0.396 e. The number of hydrogen-bond donors (Lipinski definition) is 1. The summed E-state index contributed by atoms with van der Waals surface area (Å²) >= 11 is 0. The number of benzene rings is 1. The number of aromatic nitrogens is 4. The van der Waals surface area contributed by atoms with Crippen LogP contribution in [0.5, 0.6) is 0 Å². The number of tetrazole rings is 1. The van der Waals surface area contributed by atoms with Gasteiger partial charge in [-0.3, -0.25) is 0 Å². The Bertz CT molecular complexity index is 452. The van der Waals surface area contributed by atoms with Crippen molar-refractivity contribution in [2.75, 3.05) is 6.61 Å². The molecule has 0 saturated carbocycles. The third-order valence-corrected chi connectivity index (χ3v) is 2.02. The van der Waals surface area contributed by atoms with Gasteiger partial charge in [-0.2, -0.15) is 0 Å². The molecule has 0 spiro atoms. The Balaban J connectivity index is 2.29. The molecule has 0 radical (unpaired) electrons. The Hall–Kier alpha value is -1.75. The molecule has 2 rings (SSSR count). The lowest BCUT2D eigenvalue weighted by Gasteiger charge is -1.98. The summed E-state index contributed by atoms with van der Waals surface area (Å²) in [5.41, 5.74) is 2.03. The molecule has 5 heteroatoms. The minimum atomic E-state index is 0.0412. The van der Waals surface area contributed by atoms with Crippen molar-refractivity contribution in [1.29, 1.82) is 0 Å². The maximum Gasteiger partial charge on any atom is 0.177 e. The molecule has 0 bridgehead atoms. The average molecular weight is 204 g/mol. The van der Waals surface area contributed by atoms with Crippen LogP contribution in [-0.2, 0) is 6.42 Å². The van der Waals surface area contributed by atoms with E-state index >= 15 is 0 Å². The molecule has 1 aromatic carbocycles. The number of aliphatic hydroxyl groups is 1. The van der Waals surface area contributed by atoms with E-state index in [0.29, 0.717) is 12.2 Å². The zero-order chi connectivity index (χ0) is 10.7. The summed E-state index contributed by atoms with van der Waals surface area (Å²) in [4.78, 5) is 1.47. The summed E-state index contributed by atoms with van der Waals surface area (Å²) in [6, 6.07) is 7.84. The molecule has 1 heterocycles. The second kappa shape index (κ2) is 4.18. The van der Waals surface area contributed by atoms with Crippen molar-refractivity contribution >= 4 is 0 Å². The third kappa shape index (κ3) is 2.19. The molecule has 0 aliphatic carbocycles. The number of rotatable bonds is 3. The SMILES string of the molecule is Cc1cccc(-n2nnc(CCO)n2)c1. The zero-order valence-corrected chi connectivity index (χ0v) is 8.46. The molecule has 0 aliphatic rings. The monoisotopic (exact) mass is 204 g/mol. The van der Waals surface area contributed by atoms with Crippen LogP contribution in [-0.4, -0.2) is 31.9 Å². The van der Waals surface area contributed by atoms with Crippen molar-refractivity contribution in [2.45, 2.75) is 13.3 Å². The quantitative estimate of drug-likeness (QED) is 0.791. The van der Waals surface area contributed by atoms with E-state index in [9.17, 15) is 0 Å². The molecule has 78 valence electrons. The molecule has 15 heavy (non-hydrogen) atoms. The maximum absolute atomic E-state index is 8.73. The first-order valence-corrected chi connectivity index (χ1v) is 4.76. The molecule has 1 N–H and O–H groups in total. The number of hydrogen-bond acceptors (Lipinski definition) is 4. The predicted molar refractivity (Wildman–Crippen MR) is 54.7 cm³/mol. The van der Waals surface area contributed by atoms with Crippen molar-refractivity contribution in [3.05, 3.63) is 35.7 Å². The van der Waals surface area contributed by atoms with E-state index in [1.165, 1.54) is 4.80 Å². The summed E-state index contributed by atoms with van der Waals surface area (Å²) in [7, 11) is 0. The van der Waals surface area contributed by atoms with Gasteiger partial charge in [0.15, 0.2) is 5.82 Å². The smallest absolute Gasteiger partial charge is 0.177 e. The van der Waals surface area contributed by atoms with Gasteiger partial charge in [-0.1, -0.05) is 12.1 Å². The van der Waals surface area contributed by atoms with Gasteiger partial charge < -0.3 is 5.11 Å². The predicted octanol–water partition coefficient (Wildman–Crippen LogP) is 0.506. The number of aliphatic hydroxyl groups excluding tert-OH is 1. The zero-order valence-electron chi connectivity index (χ0n) is 8.46. The van der Waals surface area contributed by atoms with Crippen molar-refractivity contribution in [3.63, 3.8) is 0 Å². The van der Waals surface area contributed by atoms with Gasteiger partial charge in [-0.25, -0.2) is 0 Å². The molecule has 0 aliphatic heterocycles. The van der Waals surface area contributed by atoms with E-state index in [0.717, 1.165) is 11.3 Å². The van der Waals surface area contributed by atoms with E-state index < -0.39 is 0 Å². The van der Waals surface area contributed by atoms with E-state index in [2.05, 4.69) is 15.4 Å². The van der Waals surface area contributed by atoms with Gasteiger partial charge in [-0.15, -0.1) is 15.0 Å². The molecule has 0 unspecified atom stereocenters. The van der Waals surface area contributed by atoms with Crippen LogP contribution in [0.4, 0.5) is 0 Å². The minimum Gasteiger partial charge on any atom is -0.396 e. The van der Waals surface area contributed by atoms with Crippen LogP contribution in [0.1, 0.15) is 11.4 Å². The van der Waals surface area contributed by atoms with Gasteiger partial charge in [0.2, 0.25) is 0 Å². The molecule has 0 fully saturated rings. The van der Waals surface area contributed by atoms with E-state index in [1.807, 2.05) is 31.2 Å². The van der Waals surface area contributed by atoms with E-state index in [1.54, 1.807) is 0 Å². The fraction of sp³-hybridized carbons (Fsp3) is 0.300. The Morgan fingerprint density at radius 2 is 2.27 bits per heavy atom. The molecular weight excluding hydrogens is 192 g/mol.